The maximum atomic E-state index is 12.1. The highest BCUT2D eigenvalue weighted by Gasteiger charge is 2.27. The third-order valence-corrected chi connectivity index (χ3v) is 3.55. The molecule has 0 spiro atoms. The molecular formula is C13H27N3O. The number of hydrogen-bond acceptors (Lipinski definition) is 3. The van der Waals surface area contributed by atoms with Crippen molar-refractivity contribution in [2.24, 2.45) is 11.7 Å². The van der Waals surface area contributed by atoms with Gasteiger partial charge in [0.2, 0.25) is 5.91 Å². The number of amides is 1. The molecule has 4 nitrogen and oxygen atoms in total. The second kappa shape index (κ2) is 6.36. The van der Waals surface area contributed by atoms with Crippen molar-refractivity contribution in [3.63, 3.8) is 0 Å². The summed E-state index contributed by atoms with van der Waals surface area (Å²) in [5.74, 6) is 0.615. The first-order chi connectivity index (χ1) is 7.91. The van der Waals surface area contributed by atoms with Crippen LogP contribution in [0.15, 0.2) is 0 Å². The lowest BCUT2D eigenvalue weighted by Gasteiger charge is -2.36. The highest BCUT2D eigenvalue weighted by Crippen LogP contribution is 2.16. The fourth-order valence-corrected chi connectivity index (χ4v) is 2.45. The van der Waals surface area contributed by atoms with E-state index in [9.17, 15) is 4.79 Å². The van der Waals surface area contributed by atoms with Crippen LogP contribution in [0.4, 0.5) is 0 Å². The second-order valence-electron chi connectivity index (χ2n) is 5.76. The second-order valence-corrected chi connectivity index (χ2v) is 5.76. The molecule has 1 amide bonds. The van der Waals surface area contributed by atoms with Crippen LogP contribution >= 0.6 is 0 Å². The summed E-state index contributed by atoms with van der Waals surface area (Å²) in [6.45, 7) is 5.91. The topological polar surface area (TPSA) is 49.6 Å². The van der Waals surface area contributed by atoms with E-state index < -0.39 is 0 Å². The molecule has 0 saturated carbocycles. The SMILES string of the molecule is CC(C)C[C@@H](N)C(=O)N1CCC(N(C)C)CC1. The van der Waals surface area contributed by atoms with Gasteiger partial charge in [-0.1, -0.05) is 13.8 Å². The Labute approximate surface area is 105 Å². The van der Waals surface area contributed by atoms with Gasteiger partial charge in [0.05, 0.1) is 6.04 Å². The van der Waals surface area contributed by atoms with Crippen molar-refractivity contribution in [2.75, 3.05) is 27.2 Å². The summed E-state index contributed by atoms with van der Waals surface area (Å²) in [6, 6.07) is 0.297. The molecule has 1 fully saturated rings. The maximum absolute atomic E-state index is 12.1. The fourth-order valence-electron chi connectivity index (χ4n) is 2.45. The smallest absolute Gasteiger partial charge is 0.239 e. The Morgan fingerprint density at radius 3 is 2.29 bits per heavy atom. The van der Waals surface area contributed by atoms with E-state index in [1.54, 1.807) is 0 Å². The van der Waals surface area contributed by atoms with Crippen LogP contribution in [-0.4, -0.2) is 55.0 Å². The minimum absolute atomic E-state index is 0.135. The zero-order chi connectivity index (χ0) is 13.0. The Hall–Kier alpha value is -0.610. The van der Waals surface area contributed by atoms with Crippen LogP contribution in [0, 0.1) is 5.92 Å². The van der Waals surface area contributed by atoms with Crippen LogP contribution in [0.1, 0.15) is 33.1 Å². The molecule has 1 atom stereocenters. The van der Waals surface area contributed by atoms with Gasteiger partial charge in [-0.25, -0.2) is 0 Å². The molecular weight excluding hydrogens is 214 g/mol. The van der Waals surface area contributed by atoms with Crippen LogP contribution in [-0.2, 0) is 4.79 Å². The zero-order valence-electron chi connectivity index (χ0n) is 11.6. The van der Waals surface area contributed by atoms with Crippen molar-refractivity contribution in [1.82, 2.24) is 9.80 Å². The molecule has 0 unspecified atom stereocenters. The quantitative estimate of drug-likeness (QED) is 0.796. The Morgan fingerprint density at radius 2 is 1.88 bits per heavy atom. The van der Waals surface area contributed by atoms with Gasteiger partial charge in [-0.3, -0.25) is 4.79 Å². The zero-order valence-corrected chi connectivity index (χ0v) is 11.6. The molecule has 1 aliphatic rings. The summed E-state index contributed by atoms with van der Waals surface area (Å²) in [5, 5.41) is 0. The van der Waals surface area contributed by atoms with E-state index in [1.165, 1.54) is 0 Å². The average molecular weight is 241 g/mol. The molecule has 0 radical (unpaired) electrons. The summed E-state index contributed by atoms with van der Waals surface area (Å²) >= 11 is 0. The molecule has 0 aromatic rings. The number of nitrogens with zero attached hydrogens (tertiary/aromatic N) is 2. The molecule has 2 N–H and O–H groups in total. The largest absolute Gasteiger partial charge is 0.341 e. The molecule has 0 bridgehead atoms. The van der Waals surface area contributed by atoms with Gasteiger partial charge in [-0.05, 0) is 39.3 Å². The Balaban J connectivity index is 2.40. The minimum Gasteiger partial charge on any atom is -0.341 e. The number of nitrogens with two attached hydrogens (primary N) is 1. The Kier molecular flexibility index (Phi) is 5.40. The molecule has 0 aromatic carbocycles. The Morgan fingerprint density at radius 1 is 1.35 bits per heavy atom. The van der Waals surface area contributed by atoms with Gasteiger partial charge in [-0.15, -0.1) is 0 Å². The van der Waals surface area contributed by atoms with E-state index in [0.717, 1.165) is 32.4 Å². The lowest BCUT2D eigenvalue weighted by molar-refractivity contribution is -0.134. The number of carbonyl (C=O) groups is 1. The first-order valence-corrected chi connectivity index (χ1v) is 6.62. The van der Waals surface area contributed by atoms with Crippen molar-refractivity contribution < 1.29 is 4.79 Å². The van der Waals surface area contributed by atoms with Crippen LogP contribution in [0.25, 0.3) is 0 Å². The van der Waals surface area contributed by atoms with Crippen molar-refractivity contribution in [3.8, 4) is 0 Å². The van der Waals surface area contributed by atoms with E-state index in [-0.39, 0.29) is 11.9 Å². The van der Waals surface area contributed by atoms with Crippen molar-refractivity contribution in [2.45, 2.75) is 45.2 Å². The highest BCUT2D eigenvalue weighted by atomic mass is 16.2. The van der Waals surface area contributed by atoms with Crippen LogP contribution in [0.2, 0.25) is 0 Å². The first-order valence-electron chi connectivity index (χ1n) is 6.62. The van der Waals surface area contributed by atoms with Gasteiger partial charge in [0, 0.05) is 19.1 Å². The molecule has 0 aliphatic carbocycles. The predicted octanol–water partition coefficient (Wildman–Crippen LogP) is 0.912. The lowest BCUT2D eigenvalue weighted by atomic mass is 10.00. The normalized spacial score (nSPS) is 20.1. The maximum Gasteiger partial charge on any atom is 0.239 e. The van der Waals surface area contributed by atoms with Crippen LogP contribution < -0.4 is 5.73 Å². The van der Waals surface area contributed by atoms with E-state index in [2.05, 4.69) is 32.8 Å². The number of carbonyl (C=O) groups excluding carboxylic acids is 1. The molecule has 4 heteroatoms. The predicted molar refractivity (Wildman–Crippen MR) is 70.7 cm³/mol. The molecule has 0 aromatic heterocycles. The van der Waals surface area contributed by atoms with E-state index >= 15 is 0 Å². The lowest BCUT2D eigenvalue weighted by Crippen LogP contribution is -2.50. The summed E-state index contributed by atoms with van der Waals surface area (Å²) in [5.41, 5.74) is 5.94. The van der Waals surface area contributed by atoms with Gasteiger partial charge >= 0.3 is 0 Å². The van der Waals surface area contributed by atoms with E-state index in [0.29, 0.717) is 12.0 Å². The highest BCUT2D eigenvalue weighted by molar-refractivity contribution is 5.81. The van der Waals surface area contributed by atoms with Gasteiger partial charge in [0.1, 0.15) is 0 Å². The number of piperidine rings is 1. The van der Waals surface area contributed by atoms with Crippen molar-refractivity contribution >= 4 is 5.91 Å². The molecule has 100 valence electrons. The van der Waals surface area contributed by atoms with Gasteiger partial charge in [0.25, 0.3) is 0 Å². The number of hydrogen-bond donors (Lipinski definition) is 1. The van der Waals surface area contributed by atoms with E-state index in [4.69, 9.17) is 5.73 Å². The van der Waals surface area contributed by atoms with Gasteiger partial charge in [0.15, 0.2) is 0 Å². The van der Waals surface area contributed by atoms with Crippen molar-refractivity contribution in [1.29, 1.82) is 0 Å². The molecule has 1 heterocycles. The minimum atomic E-state index is -0.314. The van der Waals surface area contributed by atoms with Gasteiger partial charge < -0.3 is 15.5 Å². The number of likely N-dealkylation sites (tertiary alicyclic amines) is 1. The van der Waals surface area contributed by atoms with Gasteiger partial charge in [-0.2, -0.15) is 0 Å². The average Bonchev–Trinajstić information content (AvgIpc) is 2.27. The third-order valence-electron chi connectivity index (χ3n) is 3.55. The molecule has 1 saturated heterocycles. The summed E-state index contributed by atoms with van der Waals surface area (Å²) in [7, 11) is 4.21. The molecule has 17 heavy (non-hydrogen) atoms. The van der Waals surface area contributed by atoms with Crippen LogP contribution in [0.3, 0.4) is 0 Å². The molecule has 1 aliphatic heterocycles. The summed E-state index contributed by atoms with van der Waals surface area (Å²) in [4.78, 5) is 16.3. The first kappa shape index (κ1) is 14.5. The molecule has 1 rings (SSSR count). The summed E-state index contributed by atoms with van der Waals surface area (Å²) in [6.07, 6.45) is 2.91. The monoisotopic (exact) mass is 241 g/mol. The fraction of sp³-hybridized carbons (Fsp3) is 0.923. The van der Waals surface area contributed by atoms with Crippen LogP contribution in [0.5, 0.6) is 0 Å². The standard InChI is InChI=1S/C13H27N3O/c1-10(2)9-12(14)13(17)16-7-5-11(6-8-16)15(3)4/h10-12H,5-9,14H2,1-4H3/t12-/m1/s1. The Bertz CT molecular complexity index is 245. The number of rotatable bonds is 4. The summed E-state index contributed by atoms with van der Waals surface area (Å²) < 4.78 is 0. The third kappa shape index (κ3) is 4.28. The van der Waals surface area contributed by atoms with E-state index in [1.807, 2.05) is 4.90 Å². The van der Waals surface area contributed by atoms with Crippen molar-refractivity contribution in [3.05, 3.63) is 0 Å².